The van der Waals surface area contributed by atoms with Crippen molar-refractivity contribution < 1.29 is 23.5 Å². The van der Waals surface area contributed by atoms with Crippen LogP contribution in [-0.4, -0.2) is 30.7 Å². The standard InChI is InChI=1S/C21H23BrFN3O4/c1-4-29-18-10-14(9-17(22)21(18)30-13(2)3)12-24-26-20(28)11-19(27)25-16-7-5-15(23)6-8-16/h5-10,12-13H,4,11H2,1-3H3,(H,25,27)(H,26,28). The summed E-state index contributed by atoms with van der Waals surface area (Å²) in [6.07, 6.45) is 0.978. The van der Waals surface area contributed by atoms with Gasteiger partial charge in [0.25, 0.3) is 0 Å². The van der Waals surface area contributed by atoms with Crippen LogP contribution in [0.1, 0.15) is 32.8 Å². The Morgan fingerprint density at radius 2 is 1.90 bits per heavy atom. The fourth-order valence-electron chi connectivity index (χ4n) is 2.38. The summed E-state index contributed by atoms with van der Waals surface area (Å²) in [5.74, 6) is -0.402. The van der Waals surface area contributed by atoms with Gasteiger partial charge in [-0.1, -0.05) is 0 Å². The summed E-state index contributed by atoms with van der Waals surface area (Å²) < 4.78 is 25.0. The molecule has 0 aliphatic rings. The van der Waals surface area contributed by atoms with Crippen LogP contribution in [-0.2, 0) is 9.59 Å². The van der Waals surface area contributed by atoms with Gasteiger partial charge in [0.2, 0.25) is 11.8 Å². The average Bonchev–Trinajstić information content (AvgIpc) is 2.66. The number of carbonyl (C=O) groups excluding carboxylic acids is 2. The highest BCUT2D eigenvalue weighted by atomic mass is 79.9. The second-order valence-corrected chi connectivity index (χ2v) is 7.31. The highest BCUT2D eigenvalue weighted by molar-refractivity contribution is 9.10. The molecule has 0 aromatic heterocycles. The lowest BCUT2D eigenvalue weighted by atomic mass is 10.2. The normalized spacial score (nSPS) is 10.9. The summed E-state index contributed by atoms with van der Waals surface area (Å²) in [6, 6.07) is 8.76. The Kier molecular flexibility index (Phi) is 8.79. The first-order chi connectivity index (χ1) is 14.3. The molecular weight excluding hydrogens is 457 g/mol. The number of rotatable bonds is 9. The molecule has 2 rings (SSSR count). The zero-order valence-electron chi connectivity index (χ0n) is 16.9. The van der Waals surface area contributed by atoms with Crippen LogP contribution in [0.25, 0.3) is 0 Å². The lowest BCUT2D eigenvalue weighted by Gasteiger charge is -2.16. The molecule has 7 nitrogen and oxygen atoms in total. The van der Waals surface area contributed by atoms with Crippen LogP contribution in [0.2, 0.25) is 0 Å². The summed E-state index contributed by atoms with van der Waals surface area (Å²) in [5, 5.41) is 6.38. The SMILES string of the molecule is CCOc1cc(C=NNC(=O)CC(=O)Nc2ccc(F)cc2)cc(Br)c1OC(C)C. The van der Waals surface area contributed by atoms with E-state index in [1.54, 1.807) is 12.1 Å². The summed E-state index contributed by atoms with van der Waals surface area (Å²) in [6.45, 7) is 6.16. The minimum Gasteiger partial charge on any atom is -0.490 e. The van der Waals surface area contributed by atoms with Crippen molar-refractivity contribution in [3.8, 4) is 11.5 Å². The van der Waals surface area contributed by atoms with Crippen LogP contribution in [0.4, 0.5) is 10.1 Å². The van der Waals surface area contributed by atoms with Gasteiger partial charge in [-0.05, 0) is 78.7 Å². The third-order valence-electron chi connectivity index (χ3n) is 3.54. The molecule has 0 unspecified atom stereocenters. The zero-order chi connectivity index (χ0) is 22.1. The Balaban J connectivity index is 1.95. The number of nitrogens with one attached hydrogen (secondary N) is 2. The Labute approximate surface area is 182 Å². The van der Waals surface area contributed by atoms with E-state index in [1.807, 2.05) is 20.8 Å². The van der Waals surface area contributed by atoms with E-state index in [0.29, 0.717) is 33.8 Å². The predicted octanol–water partition coefficient (Wildman–Crippen LogP) is 4.25. The van der Waals surface area contributed by atoms with Crippen LogP contribution < -0.4 is 20.2 Å². The highest BCUT2D eigenvalue weighted by Crippen LogP contribution is 2.37. The number of hydrogen-bond donors (Lipinski definition) is 2. The van der Waals surface area contributed by atoms with Gasteiger partial charge in [0.05, 0.1) is 23.4 Å². The fraction of sp³-hybridized carbons (Fsp3) is 0.286. The molecular formula is C21H23BrFN3O4. The third-order valence-corrected chi connectivity index (χ3v) is 4.13. The number of hydrazone groups is 1. The first kappa shape index (κ1) is 23.3. The summed E-state index contributed by atoms with van der Waals surface area (Å²) in [5.41, 5.74) is 3.36. The molecule has 0 heterocycles. The smallest absolute Gasteiger partial charge is 0.249 e. The van der Waals surface area contributed by atoms with Crippen molar-refractivity contribution in [2.24, 2.45) is 5.10 Å². The molecule has 2 aromatic carbocycles. The quantitative estimate of drug-likeness (QED) is 0.319. The molecule has 0 spiro atoms. The second kappa shape index (κ2) is 11.3. The fourth-order valence-corrected chi connectivity index (χ4v) is 2.93. The number of amides is 2. The van der Waals surface area contributed by atoms with Gasteiger partial charge in [-0.2, -0.15) is 5.10 Å². The maximum Gasteiger partial charge on any atom is 0.249 e. The Morgan fingerprint density at radius 1 is 1.20 bits per heavy atom. The van der Waals surface area contributed by atoms with Crippen molar-refractivity contribution >= 4 is 39.6 Å². The summed E-state index contributed by atoms with van der Waals surface area (Å²) >= 11 is 3.46. The van der Waals surface area contributed by atoms with Gasteiger partial charge < -0.3 is 14.8 Å². The molecule has 0 saturated heterocycles. The van der Waals surface area contributed by atoms with E-state index in [1.165, 1.54) is 30.5 Å². The molecule has 0 saturated carbocycles. The van der Waals surface area contributed by atoms with Crippen molar-refractivity contribution in [2.45, 2.75) is 33.3 Å². The zero-order valence-corrected chi connectivity index (χ0v) is 18.5. The lowest BCUT2D eigenvalue weighted by Crippen LogP contribution is -2.24. The molecule has 2 aromatic rings. The third kappa shape index (κ3) is 7.47. The highest BCUT2D eigenvalue weighted by Gasteiger charge is 2.13. The molecule has 160 valence electrons. The average molecular weight is 480 g/mol. The number of hydrogen-bond acceptors (Lipinski definition) is 5. The van der Waals surface area contributed by atoms with Gasteiger partial charge in [0.1, 0.15) is 12.2 Å². The van der Waals surface area contributed by atoms with Gasteiger partial charge in [0.15, 0.2) is 11.5 Å². The van der Waals surface area contributed by atoms with Gasteiger partial charge in [0, 0.05) is 5.69 Å². The number of carbonyl (C=O) groups is 2. The molecule has 0 aliphatic heterocycles. The van der Waals surface area contributed by atoms with Crippen LogP contribution in [0.5, 0.6) is 11.5 Å². The minimum atomic E-state index is -0.588. The topological polar surface area (TPSA) is 89.0 Å². The van der Waals surface area contributed by atoms with Crippen molar-refractivity contribution in [1.29, 1.82) is 0 Å². The number of nitrogens with zero attached hydrogens (tertiary/aromatic N) is 1. The van der Waals surface area contributed by atoms with Crippen LogP contribution in [0, 0.1) is 5.82 Å². The van der Waals surface area contributed by atoms with E-state index < -0.39 is 24.1 Å². The second-order valence-electron chi connectivity index (χ2n) is 6.45. The van der Waals surface area contributed by atoms with Gasteiger partial charge in [-0.25, -0.2) is 9.82 Å². The Hall–Kier alpha value is -2.94. The monoisotopic (exact) mass is 479 g/mol. The van der Waals surface area contributed by atoms with E-state index in [-0.39, 0.29) is 6.10 Å². The minimum absolute atomic E-state index is 0.0274. The van der Waals surface area contributed by atoms with Gasteiger partial charge in [-0.15, -0.1) is 0 Å². The van der Waals surface area contributed by atoms with Crippen molar-refractivity contribution in [1.82, 2.24) is 5.43 Å². The molecule has 0 radical (unpaired) electrons. The number of halogens is 2. The van der Waals surface area contributed by atoms with Crippen molar-refractivity contribution in [2.75, 3.05) is 11.9 Å². The van der Waals surface area contributed by atoms with Crippen LogP contribution >= 0.6 is 15.9 Å². The first-order valence-electron chi connectivity index (χ1n) is 9.28. The molecule has 0 fully saturated rings. The van der Waals surface area contributed by atoms with E-state index in [9.17, 15) is 14.0 Å². The lowest BCUT2D eigenvalue weighted by molar-refractivity contribution is -0.126. The molecule has 9 heteroatoms. The maximum absolute atomic E-state index is 12.9. The molecule has 0 aliphatic carbocycles. The van der Waals surface area contributed by atoms with E-state index in [0.717, 1.165) is 0 Å². The molecule has 2 N–H and O–H groups in total. The largest absolute Gasteiger partial charge is 0.490 e. The van der Waals surface area contributed by atoms with Gasteiger partial charge in [-0.3, -0.25) is 9.59 Å². The maximum atomic E-state index is 12.9. The molecule has 30 heavy (non-hydrogen) atoms. The number of ether oxygens (including phenoxy) is 2. The van der Waals surface area contributed by atoms with E-state index in [2.05, 4.69) is 31.8 Å². The predicted molar refractivity (Wildman–Crippen MR) is 116 cm³/mol. The van der Waals surface area contributed by atoms with E-state index in [4.69, 9.17) is 9.47 Å². The molecule has 2 amide bonds. The number of anilines is 1. The number of benzene rings is 2. The van der Waals surface area contributed by atoms with Gasteiger partial charge >= 0.3 is 0 Å². The Bertz CT molecular complexity index is 917. The van der Waals surface area contributed by atoms with E-state index >= 15 is 0 Å². The summed E-state index contributed by atoms with van der Waals surface area (Å²) in [7, 11) is 0. The first-order valence-corrected chi connectivity index (χ1v) is 10.1. The van der Waals surface area contributed by atoms with Crippen molar-refractivity contribution in [3.63, 3.8) is 0 Å². The Morgan fingerprint density at radius 3 is 2.53 bits per heavy atom. The van der Waals surface area contributed by atoms with Crippen LogP contribution in [0.3, 0.4) is 0 Å². The molecule has 0 bridgehead atoms. The van der Waals surface area contributed by atoms with Crippen LogP contribution in [0.15, 0.2) is 46.0 Å². The summed E-state index contributed by atoms with van der Waals surface area (Å²) in [4.78, 5) is 23.8. The van der Waals surface area contributed by atoms with Crippen molar-refractivity contribution in [3.05, 3.63) is 52.3 Å². The molecule has 0 atom stereocenters.